The van der Waals surface area contributed by atoms with Crippen LogP contribution < -0.4 is 10.6 Å². The summed E-state index contributed by atoms with van der Waals surface area (Å²) < 4.78 is 9.82. The third-order valence-electron chi connectivity index (χ3n) is 4.52. The number of alkyl carbamates (subject to hydrolysis) is 1. The molecule has 4 atom stereocenters. The largest absolute Gasteiger partial charge is 0.480 e. The summed E-state index contributed by atoms with van der Waals surface area (Å²) in [6.07, 6.45) is 0.0654. The van der Waals surface area contributed by atoms with Crippen LogP contribution in [0.3, 0.4) is 0 Å². The number of methoxy groups -OCH3 is 1. The number of hydrogen-bond acceptors (Lipinski definition) is 7. The molecule has 1 aromatic carbocycles. The minimum absolute atomic E-state index is 0.0311. The number of rotatable bonds is 9. The van der Waals surface area contributed by atoms with E-state index in [4.69, 9.17) is 9.47 Å². The molecule has 0 saturated carbocycles. The van der Waals surface area contributed by atoms with Gasteiger partial charge in [-0.1, -0.05) is 37.3 Å². The van der Waals surface area contributed by atoms with Gasteiger partial charge in [-0.05, 0) is 24.3 Å². The van der Waals surface area contributed by atoms with Crippen LogP contribution in [0.15, 0.2) is 30.3 Å². The van der Waals surface area contributed by atoms with Gasteiger partial charge in [0.1, 0.15) is 18.7 Å². The van der Waals surface area contributed by atoms with Crippen molar-refractivity contribution in [1.82, 2.24) is 10.6 Å². The predicted molar refractivity (Wildman–Crippen MR) is 105 cm³/mol. The molecule has 28 heavy (non-hydrogen) atoms. The van der Waals surface area contributed by atoms with Crippen molar-refractivity contribution in [2.24, 2.45) is 5.92 Å². The third-order valence-corrected chi connectivity index (χ3v) is 6.01. The lowest BCUT2D eigenvalue weighted by Crippen LogP contribution is -2.42. The number of thioether (sulfide) groups is 1. The number of carbonyl (C=O) groups is 3. The minimum Gasteiger partial charge on any atom is -0.480 e. The van der Waals surface area contributed by atoms with Gasteiger partial charge in [0.05, 0.1) is 12.5 Å². The normalized spacial score (nSPS) is 20.8. The zero-order chi connectivity index (χ0) is 20.5. The molecule has 0 aromatic heterocycles. The van der Waals surface area contributed by atoms with Crippen LogP contribution in [0, 0.1) is 5.92 Å². The molecule has 1 amide bonds. The van der Waals surface area contributed by atoms with E-state index >= 15 is 0 Å². The molecule has 0 spiro atoms. The molecule has 0 aliphatic carbocycles. The van der Waals surface area contributed by atoms with Crippen LogP contribution in [0.25, 0.3) is 0 Å². The average Bonchev–Trinajstić information content (AvgIpc) is 3.19. The Balaban J connectivity index is 1.76. The summed E-state index contributed by atoms with van der Waals surface area (Å²) in [5.74, 6) is -0.672. The first-order valence-electron chi connectivity index (χ1n) is 9.06. The van der Waals surface area contributed by atoms with Gasteiger partial charge in [-0.25, -0.2) is 9.59 Å². The van der Waals surface area contributed by atoms with Crippen LogP contribution in [0.4, 0.5) is 4.79 Å². The van der Waals surface area contributed by atoms with E-state index in [0.29, 0.717) is 12.2 Å². The summed E-state index contributed by atoms with van der Waals surface area (Å²) in [6, 6.07) is 7.78. The molecule has 1 aromatic rings. The predicted octanol–water partition coefficient (Wildman–Crippen LogP) is 1.99. The van der Waals surface area contributed by atoms with E-state index in [1.165, 1.54) is 7.11 Å². The molecule has 0 bridgehead atoms. The van der Waals surface area contributed by atoms with Crippen molar-refractivity contribution in [3.8, 4) is 0 Å². The number of ether oxygens (including phenoxy) is 2. The van der Waals surface area contributed by atoms with Gasteiger partial charge in [-0.2, -0.15) is 0 Å². The highest BCUT2D eigenvalue weighted by Crippen LogP contribution is 2.28. The van der Waals surface area contributed by atoms with Gasteiger partial charge in [0.25, 0.3) is 0 Å². The highest BCUT2D eigenvalue weighted by molar-refractivity contribution is 8.00. The molecular formula is C19H26N2O6S. The van der Waals surface area contributed by atoms with E-state index in [1.54, 1.807) is 11.8 Å². The van der Waals surface area contributed by atoms with E-state index < -0.39 is 18.1 Å². The lowest BCUT2D eigenvalue weighted by Gasteiger charge is -2.21. The van der Waals surface area contributed by atoms with Crippen molar-refractivity contribution < 1.29 is 29.0 Å². The zero-order valence-corrected chi connectivity index (χ0v) is 16.7. The maximum atomic E-state index is 11.9. The highest BCUT2D eigenvalue weighted by Gasteiger charge is 2.33. The van der Waals surface area contributed by atoms with Gasteiger partial charge in [-0.3, -0.25) is 10.1 Å². The number of hydrogen-bond donors (Lipinski definition) is 3. The molecule has 1 fully saturated rings. The second-order valence-electron chi connectivity index (χ2n) is 6.65. The Morgan fingerprint density at radius 2 is 2.00 bits per heavy atom. The van der Waals surface area contributed by atoms with Crippen molar-refractivity contribution in [2.75, 3.05) is 12.9 Å². The van der Waals surface area contributed by atoms with E-state index in [2.05, 4.69) is 10.6 Å². The van der Waals surface area contributed by atoms with Crippen molar-refractivity contribution in [1.29, 1.82) is 0 Å². The summed E-state index contributed by atoms with van der Waals surface area (Å²) in [5.41, 5.74) is 0.822. The smallest absolute Gasteiger partial charge is 0.408 e. The Morgan fingerprint density at radius 3 is 2.64 bits per heavy atom. The standard InChI is InChI=1S/C19H26N2O6S/c1-12(16-20-15(11-28-16)18(24)26-2)8-9-14(17(22)23)21-19(25)27-10-13-6-4-3-5-7-13/h3-7,12,14-16,20H,8-11H2,1-2H3,(H,21,25)(H,22,23)/t12-,14+,15-,16-/m0/s1. The molecule has 3 N–H and O–H groups in total. The molecule has 0 radical (unpaired) electrons. The Morgan fingerprint density at radius 1 is 1.29 bits per heavy atom. The molecule has 8 nitrogen and oxygen atoms in total. The summed E-state index contributed by atoms with van der Waals surface area (Å²) in [5, 5.41) is 15.0. The molecule has 154 valence electrons. The Labute approximate surface area is 168 Å². The van der Waals surface area contributed by atoms with Crippen molar-refractivity contribution in [3.05, 3.63) is 35.9 Å². The average molecular weight is 410 g/mol. The number of aliphatic carboxylic acids is 1. The second kappa shape index (κ2) is 10.9. The minimum atomic E-state index is -1.11. The van der Waals surface area contributed by atoms with E-state index in [-0.39, 0.29) is 36.3 Å². The SMILES string of the molecule is COC(=O)[C@@H]1CS[C@@H]([C@@H](C)CC[C@@H](NC(=O)OCc2ccccc2)C(=O)O)N1. The fraction of sp³-hybridized carbons (Fsp3) is 0.526. The molecule has 1 aliphatic rings. The van der Waals surface area contributed by atoms with Crippen LogP contribution in [0.5, 0.6) is 0 Å². The van der Waals surface area contributed by atoms with Crippen LogP contribution in [0.2, 0.25) is 0 Å². The quantitative estimate of drug-likeness (QED) is 0.530. The molecule has 9 heteroatoms. The van der Waals surface area contributed by atoms with Crippen LogP contribution in [0.1, 0.15) is 25.3 Å². The van der Waals surface area contributed by atoms with Crippen molar-refractivity contribution in [3.63, 3.8) is 0 Å². The first kappa shape index (κ1) is 22.0. The number of carbonyl (C=O) groups excluding carboxylic acids is 2. The zero-order valence-electron chi connectivity index (χ0n) is 15.9. The topological polar surface area (TPSA) is 114 Å². The first-order chi connectivity index (χ1) is 13.4. The highest BCUT2D eigenvalue weighted by atomic mass is 32.2. The summed E-state index contributed by atoms with van der Waals surface area (Å²) in [6.45, 7) is 2.06. The molecule has 1 aliphatic heterocycles. The fourth-order valence-corrected chi connectivity index (χ4v) is 4.20. The Bertz CT molecular complexity index is 672. The lowest BCUT2D eigenvalue weighted by atomic mass is 10.0. The number of esters is 1. The van der Waals surface area contributed by atoms with Crippen molar-refractivity contribution >= 4 is 29.8 Å². The van der Waals surface area contributed by atoms with Crippen LogP contribution in [-0.4, -0.2) is 53.5 Å². The fourth-order valence-electron chi connectivity index (χ4n) is 2.85. The van der Waals surface area contributed by atoms with Gasteiger partial charge in [-0.15, -0.1) is 11.8 Å². The van der Waals surface area contributed by atoms with Gasteiger partial charge in [0.2, 0.25) is 0 Å². The summed E-state index contributed by atoms with van der Waals surface area (Å²) in [4.78, 5) is 35.0. The molecule has 1 heterocycles. The molecule has 0 unspecified atom stereocenters. The molecule has 1 saturated heterocycles. The van der Waals surface area contributed by atoms with Gasteiger partial charge in [0, 0.05) is 5.75 Å². The van der Waals surface area contributed by atoms with Gasteiger partial charge in [0.15, 0.2) is 0 Å². The molecule has 2 rings (SSSR count). The maximum absolute atomic E-state index is 11.9. The number of benzene rings is 1. The van der Waals surface area contributed by atoms with Gasteiger partial charge >= 0.3 is 18.0 Å². The first-order valence-corrected chi connectivity index (χ1v) is 10.1. The third kappa shape index (κ3) is 6.72. The number of carboxylic acid groups (broad SMARTS) is 1. The number of nitrogens with one attached hydrogen (secondary N) is 2. The monoisotopic (exact) mass is 410 g/mol. The summed E-state index contributed by atoms with van der Waals surface area (Å²) >= 11 is 1.61. The second-order valence-corrected chi connectivity index (χ2v) is 7.82. The van der Waals surface area contributed by atoms with Crippen LogP contribution >= 0.6 is 11.8 Å². The van der Waals surface area contributed by atoms with Crippen LogP contribution in [-0.2, 0) is 25.7 Å². The van der Waals surface area contributed by atoms with Crippen molar-refractivity contribution in [2.45, 2.75) is 43.8 Å². The summed E-state index contributed by atoms with van der Waals surface area (Å²) in [7, 11) is 1.35. The number of carboxylic acids is 1. The molecular weight excluding hydrogens is 384 g/mol. The Kier molecular flexibility index (Phi) is 8.59. The maximum Gasteiger partial charge on any atom is 0.408 e. The van der Waals surface area contributed by atoms with E-state index in [1.807, 2.05) is 37.3 Å². The number of amides is 1. The van der Waals surface area contributed by atoms with E-state index in [9.17, 15) is 19.5 Å². The lowest BCUT2D eigenvalue weighted by molar-refractivity contribution is -0.142. The van der Waals surface area contributed by atoms with Gasteiger partial charge < -0.3 is 19.9 Å². The Hall–Kier alpha value is -2.26. The van der Waals surface area contributed by atoms with E-state index in [0.717, 1.165) is 5.56 Å².